The van der Waals surface area contributed by atoms with E-state index in [0.717, 1.165) is 37.2 Å². The molecule has 1 N–H and O–H groups in total. The summed E-state index contributed by atoms with van der Waals surface area (Å²) >= 11 is 18.9. The molecule has 2 aromatic carbocycles. The molecule has 2 aromatic rings. The molecule has 1 unspecified atom stereocenters. The van der Waals surface area contributed by atoms with Crippen molar-refractivity contribution >= 4 is 50.5 Å². The number of piperidine rings is 1. The summed E-state index contributed by atoms with van der Waals surface area (Å²) in [6.45, 7) is 5.65. The summed E-state index contributed by atoms with van der Waals surface area (Å²) in [6.07, 6.45) is 2.92. The van der Waals surface area contributed by atoms with Crippen molar-refractivity contribution in [3.63, 3.8) is 0 Å². The van der Waals surface area contributed by atoms with Gasteiger partial charge in [-0.15, -0.1) is 0 Å². The number of piperazine rings is 1. The van der Waals surface area contributed by atoms with E-state index in [1.165, 1.54) is 0 Å². The number of halogens is 3. The summed E-state index contributed by atoms with van der Waals surface area (Å²) in [5.74, 6) is 0.0517. The lowest BCUT2D eigenvalue weighted by molar-refractivity contribution is -0.0486. The second-order valence-corrected chi connectivity index (χ2v) is 14.4. The molecular weight excluding hydrogens is 553 g/mol. The molecule has 0 amide bonds. The highest BCUT2D eigenvalue weighted by molar-refractivity contribution is 7.90. The quantitative estimate of drug-likeness (QED) is 0.467. The van der Waals surface area contributed by atoms with E-state index >= 15 is 0 Å². The average molecular weight is 587 g/mol. The van der Waals surface area contributed by atoms with Gasteiger partial charge in [-0.05, 0) is 74.4 Å². The number of aliphatic hydroxyl groups is 1. The molecule has 1 aliphatic carbocycles. The van der Waals surface area contributed by atoms with E-state index in [4.69, 9.17) is 34.8 Å². The summed E-state index contributed by atoms with van der Waals surface area (Å²) in [5.41, 5.74) is 1.14. The molecule has 37 heavy (non-hydrogen) atoms. The molecule has 202 valence electrons. The fourth-order valence-electron chi connectivity index (χ4n) is 5.85. The molecule has 10 heteroatoms. The molecule has 3 fully saturated rings. The Hall–Kier alpha value is -1.06. The highest BCUT2D eigenvalue weighted by atomic mass is 35.5. The number of hydrogen-bond donors (Lipinski definition) is 1. The Bertz CT molecular complexity index is 1210. The molecule has 6 nitrogen and oxygen atoms in total. The third kappa shape index (κ3) is 6.08. The standard InChI is InChI=1S/C27H34Cl3N3O3S/c1-27(34,20-10-12-32(13-11-20)37(35,36)23-7-8-23)18-31-14-15-33(25-9-6-22(29)16-24(25)30)26(17-31)19-2-4-21(28)5-3-19/h2-6,9,16,20,23,26,34H,7-8,10-15,17-18H2,1H3/t26-,27?/m0/s1. The van der Waals surface area contributed by atoms with Gasteiger partial charge in [0.2, 0.25) is 10.0 Å². The van der Waals surface area contributed by atoms with Gasteiger partial charge in [-0.25, -0.2) is 12.7 Å². The van der Waals surface area contributed by atoms with E-state index in [0.29, 0.717) is 54.1 Å². The first kappa shape index (κ1) is 27.5. The summed E-state index contributed by atoms with van der Waals surface area (Å²) in [7, 11) is -3.16. The van der Waals surface area contributed by atoms with Crippen molar-refractivity contribution in [1.82, 2.24) is 9.21 Å². The number of anilines is 1. The molecule has 2 heterocycles. The molecule has 0 spiro atoms. The maximum atomic E-state index is 12.6. The highest BCUT2D eigenvalue weighted by Crippen LogP contribution is 2.39. The first-order chi connectivity index (χ1) is 17.5. The van der Waals surface area contributed by atoms with Gasteiger partial charge in [0.25, 0.3) is 0 Å². The Morgan fingerprint density at radius 3 is 2.19 bits per heavy atom. The van der Waals surface area contributed by atoms with Crippen molar-refractivity contribution in [2.75, 3.05) is 44.2 Å². The first-order valence-electron chi connectivity index (χ1n) is 13.0. The molecule has 1 saturated carbocycles. The lowest BCUT2D eigenvalue weighted by Gasteiger charge is -2.47. The Balaban J connectivity index is 1.29. The van der Waals surface area contributed by atoms with Gasteiger partial charge in [0.05, 0.1) is 27.6 Å². The molecule has 5 rings (SSSR count). The van der Waals surface area contributed by atoms with Crippen molar-refractivity contribution in [2.24, 2.45) is 5.92 Å². The Kier molecular flexibility index (Phi) is 8.06. The largest absolute Gasteiger partial charge is 0.389 e. The van der Waals surface area contributed by atoms with Gasteiger partial charge < -0.3 is 10.0 Å². The average Bonchev–Trinajstić information content (AvgIpc) is 3.71. The van der Waals surface area contributed by atoms with E-state index in [9.17, 15) is 13.5 Å². The van der Waals surface area contributed by atoms with Crippen LogP contribution in [0.2, 0.25) is 15.1 Å². The summed E-state index contributed by atoms with van der Waals surface area (Å²) in [6, 6.07) is 13.5. The van der Waals surface area contributed by atoms with Crippen LogP contribution >= 0.6 is 34.8 Å². The van der Waals surface area contributed by atoms with Crippen molar-refractivity contribution < 1.29 is 13.5 Å². The molecule has 2 atom stereocenters. The molecule has 0 radical (unpaired) electrons. The second kappa shape index (κ2) is 10.8. The Labute approximate surface area is 235 Å². The van der Waals surface area contributed by atoms with Crippen LogP contribution < -0.4 is 4.90 Å². The molecule has 0 bridgehead atoms. The van der Waals surface area contributed by atoms with Crippen LogP contribution in [0.5, 0.6) is 0 Å². The van der Waals surface area contributed by atoms with Gasteiger partial charge in [0, 0.05) is 49.3 Å². The van der Waals surface area contributed by atoms with Gasteiger partial charge in [-0.3, -0.25) is 4.90 Å². The van der Waals surface area contributed by atoms with Gasteiger partial charge in [0.1, 0.15) is 0 Å². The van der Waals surface area contributed by atoms with E-state index in [2.05, 4.69) is 9.80 Å². The van der Waals surface area contributed by atoms with Crippen LogP contribution in [0, 0.1) is 5.92 Å². The monoisotopic (exact) mass is 585 g/mol. The number of β-amino-alcohol motifs (C(OH)–C–C–N with tert-alkyl or cyclic N) is 1. The van der Waals surface area contributed by atoms with E-state index in [1.807, 2.05) is 43.3 Å². The van der Waals surface area contributed by atoms with Crippen LogP contribution in [0.4, 0.5) is 5.69 Å². The van der Waals surface area contributed by atoms with Crippen molar-refractivity contribution in [3.8, 4) is 0 Å². The van der Waals surface area contributed by atoms with Crippen LogP contribution in [0.25, 0.3) is 0 Å². The zero-order valence-corrected chi connectivity index (χ0v) is 24.1. The lowest BCUT2D eigenvalue weighted by Crippen LogP contribution is -2.56. The van der Waals surface area contributed by atoms with Crippen LogP contribution in [0.3, 0.4) is 0 Å². The minimum absolute atomic E-state index is 0.0195. The molecule has 2 saturated heterocycles. The van der Waals surface area contributed by atoms with Crippen molar-refractivity contribution in [3.05, 3.63) is 63.1 Å². The molecule has 2 aliphatic heterocycles. The molecular formula is C27H34Cl3N3O3S. The van der Waals surface area contributed by atoms with Crippen LogP contribution in [0.1, 0.15) is 44.2 Å². The van der Waals surface area contributed by atoms with Crippen molar-refractivity contribution in [1.29, 1.82) is 0 Å². The zero-order chi connectivity index (χ0) is 26.4. The van der Waals surface area contributed by atoms with Gasteiger partial charge in [0.15, 0.2) is 0 Å². The Morgan fingerprint density at radius 1 is 0.919 bits per heavy atom. The SMILES string of the molecule is CC(O)(CN1CCN(c2ccc(Cl)cc2Cl)[C@H](c2ccc(Cl)cc2)C1)C1CCN(S(=O)(=O)C2CC2)CC1. The van der Waals surface area contributed by atoms with Crippen molar-refractivity contribution in [2.45, 2.75) is 49.5 Å². The fraction of sp³-hybridized carbons (Fsp3) is 0.556. The normalized spacial score (nSPS) is 24.2. The number of sulfonamides is 1. The van der Waals surface area contributed by atoms with E-state index < -0.39 is 15.6 Å². The first-order valence-corrected chi connectivity index (χ1v) is 15.6. The third-order valence-corrected chi connectivity index (χ3v) is 11.3. The highest BCUT2D eigenvalue weighted by Gasteiger charge is 2.44. The van der Waals surface area contributed by atoms with Gasteiger partial charge in [-0.2, -0.15) is 0 Å². The Morgan fingerprint density at radius 2 is 1.57 bits per heavy atom. The lowest BCUT2D eigenvalue weighted by atomic mass is 9.81. The maximum absolute atomic E-state index is 12.6. The third-order valence-electron chi connectivity index (χ3n) is 8.12. The van der Waals surface area contributed by atoms with Gasteiger partial charge in [-0.1, -0.05) is 46.9 Å². The number of rotatable bonds is 7. The van der Waals surface area contributed by atoms with Gasteiger partial charge >= 0.3 is 0 Å². The van der Waals surface area contributed by atoms with Crippen LogP contribution in [-0.2, 0) is 10.0 Å². The minimum Gasteiger partial charge on any atom is -0.389 e. The summed E-state index contributed by atoms with van der Waals surface area (Å²) in [5, 5.41) is 13.3. The van der Waals surface area contributed by atoms with Crippen LogP contribution in [-0.4, -0.2) is 72.8 Å². The van der Waals surface area contributed by atoms with E-state index in [1.54, 1.807) is 10.4 Å². The molecule has 0 aromatic heterocycles. The predicted molar refractivity (Wildman–Crippen MR) is 151 cm³/mol. The molecule has 3 aliphatic rings. The second-order valence-electron chi connectivity index (χ2n) is 10.9. The number of hydrogen-bond acceptors (Lipinski definition) is 5. The fourth-order valence-corrected chi connectivity index (χ4v) is 8.36. The predicted octanol–water partition coefficient (Wildman–Crippen LogP) is 5.47. The summed E-state index contributed by atoms with van der Waals surface area (Å²) in [4.78, 5) is 4.61. The smallest absolute Gasteiger partial charge is 0.216 e. The summed E-state index contributed by atoms with van der Waals surface area (Å²) < 4.78 is 26.9. The zero-order valence-electron chi connectivity index (χ0n) is 21.0. The van der Waals surface area contributed by atoms with Crippen LogP contribution in [0.15, 0.2) is 42.5 Å². The number of nitrogens with zero attached hydrogens (tertiary/aromatic N) is 3. The minimum atomic E-state index is -3.16. The number of benzene rings is 2. The topological polar surface area (TPSA) is 64.1 Å². The maximum Gasteiger partial charge on any atom is 0.216 e. The van der Waals surface area contributed by atoms with E-state index in [-0.39, 0.29) is 17.2 Å².